The average molecular weight is 206 g/mol. The molecule has 4 nitrogen and oxygen atoms in total. The van der Waals surface area contributed by atoms with Crippen LogP contribution in [0.4, 0.5) is 5.69 Å². The Bertz CT molecular complexity index is 341. The molecule has 0 amide bonds. The Hall–Kier alpha value is -1.55. The molecule has 4 heteroatoms. The van der Waals surface area contributed by atoms with Crippen molar-refractivity contribution in [1.82, 2.24) is 0 Å². The minimum atomic E-state index is -1.14. The van der Waals surface area contributed by atoms with Crippen molar-refractivity contribution in [1.29, 1.82) is 0 Å². The number of morpholine rings is 1. The number of benzene rings is 1. The van der Waals surface area contributed by atoms with Crippen LogP contribution in [0, 0.1) is 0 Å². The van der Waals surface area contributed by atoms with Crippen LogP contribution in [0.3, 0.4) is 0 Å². The van der Waals surface area contributed by atoms with Gasteiger partial charge in [-0.05, 0) is 17.7 Å². The smallest absolute Gasteiger partial charge is 0.0715 e. The number of aromatic carboxylic acids is 1. The van der Waals surface area contributed by atoms with E-state index in [1.807, 2.05) is 0 Å². The first-order chi connectivity index (χ1) is 7.27. The van der Waals surface area contributed by atoms with Crippen LogP contribution < -0.4 is 10.0 Å². The molecule has 1 aliphatic heterocycles. The first-order valence-electron chi connectivity index (χ1n) is 4.91. The highest BCUT2D eigenvalue weighted by atomic mass is 16.5. The molecule has 1 aromatic carbocycles. The zero-order valence-corrected chi connectivity index (χ0v) is 8.31. The van der Waals surface area contributed by atoms with Crippen LogP contribution >= 0.6 is 0 Å². The summed E-state index contributed by atoms with van der Waals surface area (Å²) in [5.41, 5.74) is 1.25. The highest BCUT2D eigenvalue weighted by Crippen LogP contribution is 2.16. The van der Waals surface area contributed by atoms with E-state index in [0.29, 0.717) is 0 Å². The molecule has 0 N–H and O–H groups in total. The third-order valence-electron chi connectivity index (χ3n) is 2.48. The van der Waals surface area contributed by atoms with E-state index in [0.717, 1.165) is 32.0 Å². The molecule has 15 heavy (non-hydrogen) atoms. The molecule has 0 bridgehead atoms. The van der Waals surface area contributed by atoms with Gasteiger partial charge in [-0.25, -0.2) is 0 Å². The third-order valence-corrected chi connectivity index (χ3v) is 2.48. The van der Waals surface area contributed by atoms with Crippen LogP contribution in [0.2, 0.25) is 0 Å². The average Bonchev–Trinajstić information content (AvgIpc) is 2.30. The van der Waals surface area contributed by atoms with E-state index in [-0.39, 0.29) is 5.56 Å². The lowest BCUT2D eigenvalue weighted by Crippen LogP contribution is -2.36. The molecule has 1 fully saturated rings. The molecule has 0 unspecified atom stereocenters. The fourth-order valence-corrected chi connectivity index (χ4v) is 1.63. The van der Waals surface area contributed by atoms with Crippen molar-refractivity contribution in [3.8, 4) is 0 Å². The largest absolute Gasteiger partial charge is 0.545 e. The summed E-state index contributed by atoms with van der Waals surface area (Å²) in [6, 6.07) is 6.74. The predicted octanol–water partition coefficient (Wildman–Crippen LogP) is -0.113. The highest BCUT2D eigenvalue weighted by molar-refractivity contribution is 5.86. The van der Waals surface area contributed by atoms with Crippen molar-refractivity contribution in [3.05, 3.63) is 29.8 Å². The van der Waals surface area contributed by atoms with Gasteiger partial charge in [0.2, 0.25) is 0 Å². The van der Waals surface area contributed by atoms with Crippen molar-refractivity contribution in [3.63, 3.8) is 0 Å². The summed E-state index contributed by atoms with van der Waals surface area (Å²) in [4.78, 5) is 12.7. The van der Waals surface area contributed by atoms with Crippen molar-refractivity contribution in [2.45, 2.75) is 0 Å². The van der Waals surface area contributed by atoms with Crippen LogP contribution in [0.25, 0.3) is 0 Å². The van der Waals surface area contributed by atoms with Gasteiger partial charge in [-0.3, -0.25) is 0 Å². The van der Waals surface area contributed by atoms with Gasteiger partial charge in [0.05, 0.1) is 19.2 Å². The van der Waals surface area contributed by atoms with E-state index < -0.39 is 5.97 Å². The number of carbonyl (C=O) groups excluding carboxylic acids is 1. The van der Waals surface area contributed by atoms with E-state index in [9.17, 15) is 9.90 Å². The van der Waals surface area contributed by atoms with Gasteiger partial charge in [-0.1, -0.05) is 12.1 Å². The lowest BCUT2D eigenvalue weighted by Gasteiger charge is -2.28. The number of nitrogens with zero attached hydrogens (tertiary/aromatic N) is 1. The number of carbonyl (C=O) groups is 1. The van der Waals surface area contributed by atoms with Crippen molar-refractivity contribution in [2.75, 3.05) is 31.2 Å². The fourth-order valence-electron chi connectivity index (χ4n) is 1.63. The molecule has 0 aliphatic carbocycles. The molecule has 1 aliphatic rings. The third kappa shape index (κ3) is 2.27. The Morgan fingerprint density at radius 1 is 1.20 bits per heavy atom. The number of carboxylic acid groups (broad SMARTS) is 1. The minimum Gasteiger partial charge on any atom is -0.545 e. The maximum Gasteiger partial charge on any atom is 0.0715 e. The summed E-state index contributed by atoms with van der Waals surface area (Å²) in [6.07, 6.45) is 0. The second kappa shape index (κ2) is 4.31. The van der Waals surface area contributed by atoms with Gasteiger partial charge < -0.3 is 19.5 Å². The number of hydrogen-bond acceptors (Lipinski definition) is 4. The zero-order chi connectivity index (χ0) is 10.7. The van der Waals surface area contributed by atoms with Gasteiger partial charge in [-0.15, -0.1) is 0 Å². The second-order valence-electron chi connectivity index (χ2n) is 3.43. The van der Waals surface area contributed by atoms with Crippen molar-refractivity contribution in [2.24, 2.45) is 0 Å². The van der Waals surface area contributed by atoms with Gasteiger partial charge in [0.1, 0.15) is 0 Å². The second-order valence-corrected chi connectivity index (χ2v) is 3.43. The van der Waals surface area contributed by atoms with Gasteiger partial charge in [0, 0.05) is 18.8 Å². The topological polar surface area (TPSA) is 52.6 Å². The monoisotopic (exact) mass is 206 g/mol. The molecule has 2 rings (SSSR count). The number of ether oxygens (including phenoxy) is 1. The molecule has 0 atom stereocenters. The quantitative estimate of drug-likeness (QED) is 0.677. The van der Waals surface area contributed by atoms with E-state index in [2.05, 4.69) is 4.90 Å². The van der Waals surface area contributed by atoms with Crippen molar-refractivity contribution < 1.29 is 14.6 Å². The summed E-state index contributed by atoms with van der Waals surface area (Å²) in [7, 11) is 0. The van der Waals surface area contributed by atoms with Gasteiger partial charge in [0.15, 0.2) is 0 Å². The number of hydrogen-bond donors (Lipinski definition) is 0. The van der Waals surface area contributed by atoms with E-state index >= 15 is 0 Å². The van der Waals surface area contributed by atoms with Crippen LogP contribution in [-0.2, 0) is 4.74 Å². The molecular formula is C11H12NO3-. The minimum absolute atomic E-state index is 0.215. The predicted molar refractivity (Wildman–Crippen MR) is 53.8 cm³/mol. The van der Waals surface area contributed by atoms with Gasteiger partial charge in [0.25, 0.3) is 0 Å². The molecule has 0 radical (unpaired) electrons. The Morgan fingerprint density at radius 3 is 2.33 bits per heavy atom. The Labute approximate surface area is 88.1 Å². The van der Waals surface area contributed by atoms with Crippen LogP contribution in [0.15, 0.2) is 24.3 Å². The van der Waals surface area contributed by atoms with Gasteiger partial charge >= 0.3 is 0 Å². The van der Waals surface area contributed by atoms with Crippen LogP contribution in [0.1, 0.15) is 10.4 Å². The molecule has 80 valence electrons. The SMILES string of the molecule is O=C([O-])c1ccc(N2CCOCC2)cc1. The van der Waals surface area contributed by atoms with Crippen LogP contribution in [-0.4, -0.2) is 32.3 Å². The summed E-state index contributed by atoms with van der Waals surface area (Å²) in [5, 5.41) is 10.5. The molecule has 1 saturated heterocycles. The standard InChI is InChI=1S/C11H13NO3/c13-11(14)9-1-3-10(4-2-9)12-5-7-15-8-6-12/h1-4H,5-8H2,(H,13,14)/p-1. The number of carboxylic acids is 1. The maximum atomic E-state index is 10.5. The molecule has 0 spiro atoms. The number of anilines is 1. The first kappa shape index (κ1) is 9.98. The molecule has 1 aromatic rings. The normalized spacial score (nSPS) is 16.4. The van der Waals surface area contributed by atoms with Crippen molar-refractivity contribution >= 4 is 11.7 Å². The lowest BCUT2D eigenvalue weighted by molar-refractivity contribution is -0.255. The molecule has 0 saturated carbocycles. The first-order valence-corrected chi connectivity index (χ1v) is 4.91. The fraction of sp³-hybridized carbons (Fsp3) is 0.364. The van der Waals surface area contributed by atoms with E-state index in [4.69, 9.17) is 4.74 Å². The van der Waals surface area contributed by atoms with Crippen LogP contribution in [0.5, 0.6) is 0 Å². The van der Waals surface area contributed by atoms with E-state index in [1.165, 1.54) is 0 Å². The Morgan fingerprint density at radius 2 is 1.80 bits per heavy atom. The Balaban J connectivity index is 2.11. The summed E-state index contributed by atoms with van der Waals surface area (Å²) >= 11 is 0. The molecule has 0 aromatic heterocycles. The molecule has 1 heterocycles. The Kier molecular flexibility index (Phi) is 2.87. The zero-order valence-electron chi connectivity index (χ0n) is 8.31. The summed E-state index contributed by atoms with van der Waals surface area (Å²) in [6.45, 7) is 3.15. The summed E-state index contributed by atoms with van der Waals surface area (Å²) < 4.78 is 5.24. The lowest BCUT2D eigenvalue weighted by atomic mass is 10.2. The van der Waals surface area contributed by atoms with E-state index in [1.54, 1.807) is 24.3 Å². The highest BCUT2D eigenvalue weighted by Gasteiger charge is 2.10. The number of rotatable bonds is 2. The molecular weight excluding hydrogens is 194 g/mol. The summed E-state index contributed by atoms with van der Waals surface area (Å²) in [5.74, 6) is -1.14. The van der Waals surface area contributed by atoms with Gasteiger partial charge in [-0.2, -0.15) is 0 Å². The maximum absolute atomic E-state index is 10.5.